The fraction of sp³-hybridized carbons (Fsp3) is 0.250. The Labute approximate surface area is 107 Å². The van der Waals surface area contributed by atoms with Gasteiger partial charge >= 0.3 is 0 Å². The summed E-state index contributed by atoms with van der Waals surface area (Å²) >= 11 is 3.23. The van der Waals surface area contributed by atoms with Crippen LogP contribution in [0.2, 0.25) is 0 Å². The van der Waals surface area contributed by atoms with Gasteiger partial charge in [-0.05, 0) is 45.1 Å². The number of hydrogen-bond donors (Lipinski definition) is 2. The van der Waals surface area contributed by atoms with Crippen molar-refractivity contribution in [2.75, 3.05) is 5.73 Å². The molecule has 3 nitrogen and oxygen atoms in total. The van der Waals surface area contributed by atoms with Gasteiger partial charge in [0.1, 0.15) is 11.6 Å². The third-order valence-corrected chi connectivity index (χ3v) is 3.24. The molecule has 0 aliphatic rings. The van der Waals surface area contributed by atoms with E-state index in [0.29, 0.717) is 15.9 Å². The number of anilines is 1. The van der Waals surface area contributed by atoms with Crippen LogP contribution in [0.15, 0.2) is 22.8 Å². The van der Waals surface area contributed by atoms with Gasteiger partial charge in [0.25, 0.3) is 0 Å². The molecule has 0 atom stereocenters. The molecule has 1 aromatic carbocycles. The molecular formula is C12H13BrFN3. The Morgan fingerprint density at radius 3 is 2.65 bits per heavy atom. The monoisotopic (exact) mass is 297 g/mol. The van der Waals surface area contributed by atoms with Crippen LogP contribution in [0.3, 0.4) is 0 Å². The van der Waals surface area contributed by atoms with Crippen LogP contribution in [0, 0.1) is 5.82 Å². The fourth-order valence-corrected chi connectivity index (χ4v) is 2.19. The van der Waals surface area contributed by atoms with E-state index in [0.717, 1.165) is 11.1 Å². The number of H-pyrrole nitrogens is 1. The maximum absolute atomic E-state index is 13.9. The van der Waals surface area contributed by atoms with Crippen molar-refractivity contribution in [3.63, 3.8) is 0 Å². The minimum atomic E-state index is -0.217. The first kappa shape index (κ1) is 12.1. The van der Waals surface area contributed by atoms with E-state index in [2.05, 4.69) is 26.1 Å². The number of halogens is 2. The van der Waals surface area contributed by atoms with Gasteiger partial charge in [-0.1, -0.05) is 13.8 Å². The lowest BCUT2D eigenvalue weighted by Crippen LogP contribution is -1.96. The highest BCUT2D eigenvalue weighted by Gasteiger charge is 2.14. The van der Waals surface area contributed by atoms with Crippen LogP contribution >= 0.6 is 15.9 Å². The predicted molar refractivity (Wildman–Crippen MR) is 70.2 cm³/mol. The summed E-state index contributed by atoms with van der Waals surface area (Å²) in [7, 11) is 0. The number of aromatic nitrogens is 2. The van der Waals surface area contributed by atoms with Crippen molar-refractivity contribution in [3.05, 3.63) is 34.2 Å². The molecule has 0 bridgehead atoms. The van der Waals surface area contributed by atoms with Gasteiger partial charge in [-0.25, -0.2) is 4.39 Å². The lowest BCUT2D eigenvalue weighted by atomic mass is 9.98. The molecule has 0 saturated heterocycles. The van der Waals surface area contributed by atoms with Crippen molar-refractivity contribution in [2.45, 2.75) is 19.8 Å². The zero-order valence-corrected chi connectivity index (χ0v) is 11.2. The molecule has 0 radical (unpaired) electrons. The molecule has 1 aromatic heterocycles. The summed E-state index contributed by atoms with van der Waals surface area (Å²) in [6, 6.07) is 3.52. The van der Waals surface area contributed by atoms with Crippen molar-refractivity contribution >= 4 is 21.7 Å². The van der Waals surface area contributed by atoms with Crippen LogP contribution in [0.5, 0.6) is 0 Å². The molecule has 0 aliphatic heterocycles. The van der Waals surface area contributed by atoms with E-state index < -0.39 is 0 Å². The number of nitrogens with two attached hydrogens (primary N) is 1. The molecule has 0 amide bonds. The van der Waals surface area contributed by atoms with Gasteiger partial charge in [0.2, 0.25) is 0 Å². The Hall–Kier alpha value is -1.36. The summed E-state index contributed by atoms with van der Waals surface area (Å²) in [5.74, 6) is 0.378. The van der Waals surface area contributed by atoms with Gasteiger partial charge in [0.05, 0.1) is 10.7 Å². The van der Waals surface area contributed by atoms with Gasteiger partial charge in [-0.3, -0.25) is 5.10 Å². The van der Waals surface area contributed by atoms with Crippen LogP contribution in [0.1, 0.15) is 25.3 Å². The molecule has 0 aliphatic carbocycles. The third kappa shape index (κ3) is 2.20. The van der Waals surface area contributed by atoms with Crippen molar-refractivity contribution in [1.82, 2.24) is 10.2 Å². The van der Waals surface area contributed by atoms with Crippen LogP contribution in [-0.2, 0) is 0 Å². The second kappa shape index (κ2) is 4.49. The van der Waals surface area contributed by atoms with Crippen LogP contribution in [0.4, 0.5) is 10.2 Å². The second-order valence-corrected chi connectivity index (χ2v) is 5.07. The summed E-state index contributed by atoms with van der Waals surface area (Å²) in [6.07, 6.45) is 1.64. The Bertz CT molecular complexity index is 549. The number of nitrogens with one attached hydrogen (secondary N) is 1. The van der Waals surface area contributed by atoms with E-state index in [1.807, 2.05) is 19.9 Å². The minimum absolute atomic E-state index is 0.111. The number of nitrogens with zero attached hydrogens (tertiary/aromatic N) is 1. The lowest BCUT2D eigenvalue weighted by molar-refractivity contribution is 0.592. The summed E-state index contributed by atoms with van der Waals surface area (Å²) < 4.78 is 14.3. The van der Waals surface area contributed by atoms with Crippen LogP contribution < -0.4 is 5.73 Å². The first-order chi connectivity index (χ1) is 8.00. The van der Waals surface area contributed by atoms with E-state index in [9.17, 15) is 4.39 Å². The maximum atomic E-state index is 13.9. The molecule has 17 heavy (non-hydrogen) atoms. The molecule has 2 aromatic rings. The molecule has 2 rings (SSSR count). The van der Waals surface area contributed by atoms with Crippen molar-refractivity contribution in [1.29, 1.82) is 0 Å². The SMILES string of the molecule is CC(C)c1cc(-c2cn[nH]c2N)cc(Br)c1F. The molecule has 0 unspecified atom stereocenters. The van der Waals surface area contributed by atoms with E-state index in [1.165, 1.54) is 0 Å². The number of hydrogen-bond acceptors (Lipinski definition) is 2. The third-order valence-electron chi connectivity index (χ3n) is 2.66. The van der Waals surface area contributed by atoms with Gasteiger partial charge < -0.3 is 5.73 Å². The van der Waals surface area contributed by atoms with E-state index in [4.69, 9.17) is 5.73 Å². The highest BCUT2D eigenvalue weighted by molar-refractivity contribution is 9.10. The van der Waals surface area contributed by atoms with E-state index in [-0.39, 0.29) is 11.7 Å². The highest BCUT2D eigenvalue weighted by Crippen LogP contribution is 2.33. The maximum Gasteiger partial charge on any atom is 0.140 e. The van der Waals surface area contributed by atoms with Crippen LogP contribution in [0.25, 0.3) is 11.1 Å². The lowest BCUT2D eigenvalue weighted by Gasteiger charge is -2.11. The second-order valence-electron chi connectivity index (χ2n) is 4.21. The Morgan fingerprint density at radius 2 is 2.12 bits per heavy atom. The quantitative estimate of drug-likeness (QED) is 0.888. The van der Waals surface area contributed by atoms with Gasteiger partial charge in [-0.2, -0.15) is 5.10 Å². The topological polar surface area (TPSA) is 54.7 Å². The number of rotatable bonds is 2. The number of nitrogen functional groups attached to an aromatic ring is 1. The fourth-order valence-electron chi connectivity index (χ4n) is 1.71. The van der Waals surface area contributed by atoms with Gasteiger partial charge in [0, 0.05) is 5.56 Å². The average molecular weight is 298 g/mol. The molecule has 3 N–H and O–H groups in total. The molecule has 1 heterocycles. The van der Waals surface area contributed by atoms with Gasteiger partial charge in [0.15, 0.2) is 0 Å². The summed E-state index contributed by atoms with van der Waals surface area (Å²) in [4.78, 5) is 0. The molecular weight excluding hydrogens is 285 g/mol. The first-order valence-electron chi connectivity index (χ1n) is 5.29. The summed E-state index contributed by atoms with van der Waals surface area (Å²) in [5.41, 5.74) is 8.06. The molecule has 90 valence electrons. The highest BCUT2D eigenvalue weighted by atomic mass is 79.9. The Balaban J connectivity index is 2.61. The molecule has 0 fully saturated rings. The van der Waals surface area contributed by atoms with Crippen molar-refractivity contribution in [3.8, 4) is 11.1 Å². The smallest absolute Gasteiger partial charge is 0.140 e. The number of benzene rings is 1. The van der Waals surface area contributed by atoms with Crippen molar-refractivity contribution in [2.24, 2.45) is 0 Å². The minimum Gasteiger partial charge on any atom is -0.384 e. The standard InChI is InChI=1S/C12H13BrFN3/c1-6(2)8-3-7(4-10(13)11(8)14)9-5-16-17-12(9)15/h3-6H,1-2H3,(H3,15,16,17). The normalized spacial score (nSPS) is 11.1. The number of aromatic amines is 1. The Morgan fingerprint density at radius 1 is 1.41 bits per heavy atom. The largest absolute Gasteiger partial charge is 0.384 e. The Kier molecular flexibility index (Phi) is 3.19. The average Bonchev–Trinajstić information content (AvgIpc) is 2.68. The van der Waals surface area contributed by atoms with Crippen molar-refractivity contribution < 1.29 is 4.39 Å². The molecule has 5 heteroatoms. The van der Waals surface area contributed by atoms with Gasteiger partial charge in [-0.15, -0.1) is 0 Å². The zero-order chi connectivity index (χ0) is 12.6. The van der Waals surface area contributed by atoms with E-state index >= 15 is 0 Å². The summed E-state index contributed by atoms with van der Waals surface area (Å²) in [6.45, 7) is 3.90. The molecule has 0 saturated carbocycles. The van der Waals surface area contributed by atoms with Crippen LogP contribution in [-0.4, -0.2) is 10.2 Å². The molecule has 0 spiro atoms. The first-order valence-corrected chi connectivity index (χ1v) is 6.08. The predicted octanol–water partition coefficient (Wildman–Crippen LogP) is 3.68. The summed E-state index contributed by atoms with van der Waals surface area (Å²) in [5, 5.41) is 6.53. The zero-order valence-electron chi connectivity index (χ0n) is 9.59. The van der Waals surface area contributed by atoms with E-state index in [1.54, 1.807) is 12.3 Å².